The van der Waals surface area contributed by atoms with Crippen LogP contribution in [0.1, 0.15) is 19.3 Å². The van der Waals surface area contributed by atoms with Crippen LogP contribution < -0.4 is 10.6 Å². The molecule has 26 heavy (non-hydrogen) atoms. The Bertz CT molecular complexity index is 749. The zero-order chi connectivity index (χ0) is 18.4. The third kappa shape index (κ3) is 4.63. The Morgan fingerprint density at radius 3 is 2.50 bits per heavy atom. The summed E-state index contributed by atoms with van der Waals surface area (Å²) in [6.07, 6.45) is 4.92. The summed E-state index contributed by atoms with van der Waals surface area (Å²) in [7, 11) is 0. The van der Waals surface area contributed by atoms with Crippen molar-refractivity contribution in [2.24, 2.45) is 0 Å². The monoisotopic (exact) mass is 360 g/mol. The molecule has 9 heteroatoms. The first-order valence-corrected chi connectivity index (χ1v) is 8.61. The summed E-state index contributed by atoms with van der Waals surface area (Å²) in [6.45, 7) is 3.49. The van der Waals surface area contributed by atoms with E-state index in [1.165, 1.54) is 49.9 Å². The molecule has 1 fully saturated rings. The summed E-state index contributed by atoms with van der Waals surface area (Å²) in [6, 6.07) is 5.52. The zero-order valence-electron chi connectivity index (χ0n) is 14.3. The van der Waals surface area contributed by atoms with Gasteiger partial charge in [0, 0.05) is 18.8 Å². The van der Waals surface area contributed by atoms with E-state index in [2.05, 4.69) is 25.5 Å². The quantitative estimate of drug-likeness (QED) is 0.578. The molecule has 0 saturated carbocycles. The molecule has 2 aromatic rings. The number of anilines is 3. The lowest BCUT2D eigenvalue weighted by atomic mass is 10.1. The van der Waals surface area contributed by atoms with Crippen LogP contribution in [0.5, 0.6) is 0 Å². The van der Waals surface area contributed by atoms with Crippen molar-refractivity contribution in [2.45, 2.75) is 19.3 Å². The average molecular weight is 360 g/mol. The molecule has 1 aliphatic heterocycles. The fraction of sp³-hybridized carbons (Fsp3) is 0.412. The largest absolute Gasteiger partial charge is 0.363 e. The normalized spacial score (nSPS) is 14.8. The second-order valence-electron chi connectivity index (χ2n) is 6.14. The molecule has 0 bridgehead atoms. The molecule has 1 aliphatic rings. The summed E-state index contributed by atoms with van der Waals surface area (Å²) in [5, 5.41) is 17.4. The Labute approximate surface area is 150 Å². The number of halogens is 1. The summed E-state index contributed by atoms with van der Waals surface area (Å²) in [5.74, 6) is -0.142. The Kier molecular flexibility index (Phi) is 5.90. The van der Waals surface area contributed by atoms with Crippen LogP contribution in [0.2, 0.25) is 0 Å². The Morgan fingerprint density at radius 1 is 1.12 bits per heavy atom. The molecule has 0 aliphatic carbocycles. The summed E-state index contributed by atoms with van der Waals surface area (Å²) in [5.41, 5.74) is 0.280. The van der Waals surface area contributed by atoms with Crippen LogP contribution in [0.15, 0.2) is 30.6 Å². The number of nitro groups is 1. The van der Waals surface area contributed by atoms with Gasteiger partial charge in [-0.2, -0.15) is 0 Å². The Balaban J connectivity index is 1.70. The van der Waals surface area contributed by atoms with E-state index in [1.807, 2.05) is 0 Å². The van der Waals surface area contributed by atoms with Gasteiger partial charge in [0.2, 0.25) is 11.6 Å². The molecule has 1 saturated heterocycles. The smallest absolute Gasteiger partial charge is 0.353 e. The van der Waals surface area contributed by atoms with E-state index in [-0.39, 0.29) is 23.1 Å². The third-order valence-electron chi connectivity index (χ3n) is 4.28. The van der Waals surface area contributed by atoms with Crippen molar-refractivity contribution in [3.05, 3.63) is 46.5 Å². The molecule has 2 N–H and O–H groups in total. The molecule has 0 atom stereocenters. The summed E-state index contributed by atoms with van der Waals surface area (Å²) < 4.78 is 13.0. The standard InChI is InChI=1S/C17H21FN6O2/c18-13-4-6-14(7-5-13)22-17-15(24(25)26)16(20-12-21-17)19-8-11-23-9-2-1-3-10-23/h4-7,12H,1-3,8-11H2,(H2,19,20,21,22). The van der Waals surface area contributed by atoms with Gasteiger partial charge in [-0.05, 0) is 50.2 Å². The predicted molar refractivity (Wildman–Crippen MR) is 97.1 cm³/mol. The Hall–Kier alpha value is -2.81. The first kappa shape index (κ1) is 18.0. The van der Waals surface area contributed by atoms with Gasteiger partial charge in [-0.1, -0.05) is 6.42 Å². The van der Waals surface area contributed by atoms with Crippen LogP contribution in [-0.2, 0) is 0 Å². The maximum absolute atomic E-state index is 13.0. The van der Waals surface area contributed by atoms with Crippen LogP contribution in [0.25, 0.3) is 0 Å². The van der Waals surface area contributed by atoms with Gasteiger partial charge in [0.1, 0.15) is 12.1 Å². The zero-order valence-corrected chi connectivity index (χ0v) is 14.3. The van der Waals surface area contributed by atoms with Crippen LogP contribution in [0, 0.1) is 15.9 Å². The first-order valence-electron chi connectivity index (χ1n) is 8.61. The van der Waals surface area contributed by atoms with Gasteiger partial charge in [-0.15, -0.1) is 0 Å². The van der Waals surface area contributed by atoms with E-state index in [4.69, 9.17) is 0 Å². The molecule has 3 rings (SSSR count). The second-order valence-corrected chi connectivity index (χ2v) is 6.14. The molecular weight excluding hydrogens is 339 g/mol. The SMILES string of the molecule is O=[N+]([O-])c1c(NCCN2CCCCC2)ncnc1Nc1ccc(F)cc1. The highest BCUT2D eigenvalue weighted by Crippen LogP contribution is 2.31. The average Bonchev–Trinajstić information content (AvgIpc) is 2.64. The van der Waals surface area contributed by atoms with Crippen molar-refractivity contribution in [3.63, 3.8) is 0 Å². The van der Waals surface area contributed by atoms with E-state index in [0.717, 1.165) is 19.6 Å². The number of benzene rings is 1. The van der Waals surface area contributed by atoms with Gasteiger partial charge in [0.15, 0.2) is 0 Å². The highest BCUT2D eigenvalue weighted by atomic mass is 19.1. The molecule has 2 heterocycles. The van der Waals surface area contributed by atoms with Gasteiger partial charge in [0.05, 0.1) is 4.92 Å². The van der Waals surface area contributed by atoms with Gasteiger partial charge >= 0.3 is 5.69 Å². The number of rotatable bonds is 7. The van der Waals surface area contributed by atoms with E-state index in [1.54, 1.807) is 0 Å². The van der Waals surface area contributed by atoms with Crippen LogP contribution >= 0.6 is 0 Å². The number of aromatic nitrogens is 2. The van der Waals surface area contributed by atoms with Crippen LogP contribution in [0.3, 0.4) is 0 Å². The maximum Gasteiger partial charge on any atom is 0.353 e. The minimum atomic E-state index is -0.519. The van der Waals surface area contributed by atoms with Gasteiger partial charge in [0.25, 0.3) is 0 Å². The van der Waals surface area contributed by atoms with Crippen molar-refractivity contribution in [1.82, 2.24) is 14.9 Å². The van der Waals surface area contributed by atoms with Crippen LogP contribution in [-0.4, -0.2) is 46.0 Å². The molecular formula is C17H21FN6O2. The molecule has 1 aromatic carbocycles. The highest BCUT2D eigenvalue weighted by Gasteiger charge is 2.23. The fourth-order valence-corrected chi connectivity index (χ4v) is 2.96. The molecule has 138 valence electrons. The van der Waals surface area contributed by atoms with Crippen molar-refractivity contribution < 1.29 is 9.31 Å². The number of hydrogen-bond donors (Lipinski definition) is 2. The van der Waals surface area contributed by atoms with Crippen molar-refractivity contribution in [3.8, 4) is 0 Å². The summed E-state index contributed by atoms with van der Waals surface area (Å²) >= 11 is 0. The lowest BCUT2D eigenvalue weighted by Crippen LogP contribution is -2.33. The molecule has 0 amide bonds. The van der Waals surface area contributed by atoms with Crippen molar-refractivity contribution in [2.75, 3.05) is 36.8 Å². The summed E-state index contributed by atoms with van der Waals surface area (Å²) in [4.78, 5) is 21.3. The Morgan fingerprint density at radius 2 is 1.81 bits per heavy atom. The topological polar surface area (TPSA) is 96.2 Å². The van der Waals surface area contributed by atoms with Gasteiger partial charge < -0.3 is 15.5 Å². The lowest BCUT2D eigenvalue weighted by molar-refractivity contribution is -0.383. The second kappa shape index (κ2) is 8.52. The van der Waals surface area contributed by atoms with Crippen molar-refractivity contribution >= 4 is 23.0 Å². The highest BCUT2D eigenvalue weighted by molar-refractivity contribution is 5.73. The molecule has 8 nitrogen and oxygen atoms in total. The maximum atomic E-state index is 13.0. The molecule has 0 radical (unpaired) electrons. The minimum absolute atomic E-state index is 0.0667. The van der Waals surface area contributed by atoms with E-state index >= 15 is 0 Å². The number of likely N-dealkylation sites (tertiary alicyclic amines) is 1. The third-order valence-corrected chi connectivity index (χ3v) is 4.28. The van der Waals surface area contributed by atoms with E-state index < -0.39 is 4.92 Å². The fourth-order valence-electron chi connectivity index (χ4n) is 2.96. The predicted octanol–water partition coefficient (Wildman–Crippen LogP) is 3.17. The first-order chi connectivity index (χ1) is 12.6. The van der Waals surface area contributed by atoms with E-state index in [0.29, 0.717) is 12.2 Å². The number of nitrogens with one attached hydrogen (secondary N) is 2. The molecule has 1 aromatic heterocycles. The van der Waals surface area contributed by atoms with Crippen LogP contribution in [0.4, 0.5) is 27.4 Å². The number of hydrogen-bond acceptors (Lipinski definition) is 7. The van der Waals surface area contributed by atoms with E-state index in [9.17, 15) is 14.5 Å². The van der Waals surface area contributed by atoms with Crippen molar-refractivity contribution in [1.29, 1.82) is 0 Å². The van der Waals surface area contributed by atoms with Gasteiger partial charge in [-0.3, -0.25) is 10.1 Å². The van der Waals surface area contributed by atoms with Gasteiger partial charge in [-0.25, -0.2) is 14.4 Å². The molecule has 0 unspecified atom stereocenters. The minimum Gasteiger partial charge on any atom is -0.363 e. The number of nitrogens with zero attached hydrogens (tertiary/aromatic N) is 4. The lowest BCUT2D eigenvalue weighted by Gasteiger charge is -2.26. The molecule has 0 spiro atoms. The number of piperidine rings is 1.